The first-order valence-electron chi connectivity index (χ1n) is 6.95. The molecule has 90 valence electrons. The Labute approximate surface area is 99.6 Å². The predicted octanol–water partition coefficient (Wildman–Crippen LogP) is 3.19. The van der Waals surface area contributed by atoms with Crippen molar-refractivity contribution in [2.45, 2.75) is 57.9 Å². The number of rotatable bonds is 1. The zero-order valence-corrected chi connectivity index (χ0v) is 10.5. The normalized spacial score (nSPS) is 37.6. The van der Waals surface area contributed by atoms with E-state index in [1.165, 1.54) is 51.6 Å². The van der Waals surface area contributed by atoms with E-state index in [-0.39, 0.29) is 0 Å². The minimum absolute atomic E-state index is 0.299. The number of nitriles is 1. The maximum Gasteiger partial charge on any atom is 0.0672 e. The third kappa shape index (κ3) is 2.77. The smallest absolute Gasteiger partial charge is 0.0672 e. The lowest BCUT2D eigenvalue weighted by Gasteiger charge is -2.38. The van der Waals surface area contributed by atoms with E-state index in [4.69, 9.17) is 0 Å². The number of hydrogen-bond acceptors (Lipinski definition) is 2. The molecule has 1 saturated heterocycles. The molecule has 0 amide bonds. The van der Waals surface area contributed by atoms with E-state index >= 15 is 0 Å². The molecule has 1 aliphatic heterocycles. The summed E-state index contributed by atoms with van der Waals surface area (Å²) >= 11 is 0. The molecule has 2 nitrogen and oxygen atoms in total. The summed E-state index contributed by atoms with van der Waals surface area (Å²) in [6, 6.07) is 3.13. The molecule has 0 aromatic rings. The monoisotopic (exact) mass is 220 g/mol. The van der Waals surface area contributed by atoms with Gasteiger partial charge in [0.2, 0.25) is 0 Å². The Morgan fingerprint density at radius 2 is 1.88 bits per heavy atom. The van der Waals surface area contributed by atoms with Crippen LogP contribution >= 0.6 is 0 Å². The summed E-state index contributed by atoms with van der Waals surface area (Å²) in [7, 11) is 0. The van der Waals surface area contributed by atoms with Gasteiger partial charge in [0.05, 0.1) is 12.0 Å². The molecule has 1 saturated carbocycles. The number of hydrogen-bond donors (Lipinski definition) is 0. The zero-order chi connectivity index (χ0) is 11.4. The first kappa shape index (κ1) is 11.9. The van der Waals surface area contributed by atoms with Gasteiger partial charge >= 0.3 is 0 Å². The quantitative estimate of drug-likeness (QED) is 0.635. The van der Waals surface area contributed by atoms with E-state index in [1.807, 2.05) is 0 Å². The molecule has 1 heterocycles. The molecular weight excluding hydrogens is 196 g/mol. The minimum Gasteiger partial charge on any atom is -0.299 e. The average Bonchev–Trinajstić information content (AvgIpc) is 2.53. The van der Waals surface area contributed by atoms with Gasteiger partial charge in [0.25, 0.3) is 0 Å². The lowest BCUT2D eigenvalue weighted by Crippen LogP contribution is -2.45. The highest BCUT2D eigenvalue weighted by molar-refractivity contribution is 4.95. The van der Waals surface area contributed by atoms with Crippen LogP contribution in [0.2, 0.25) is 0 Å². The number of nitrogens with zero attached hydrogens (tertiary/aromatic N) is 2. The highest BCUT2D eigenvalue weighted by atomic mass is 15.2. The fourth-order valence-corrected chi connectivity index (χ4v) is 3.40. The molecule has 0 bridgehead atoms. The molecule has 0 spiro atoms. The van der Waals surface area contributed by atoms with Gasteiger partial charge in [0, 0.05) is 12.6 Å². The molecule has 0 aromatic heterocycles. The molecule has 1 aliphatic carbocycles. The van der Waals surface area contributed by atoms with Crippen molar-refractivity contribution in [3.8, 4) is 6.07 Å². The van der Waals surface area contributed by atoms with Crippen LogP contribution < -0.4 is 0 Å². The van der Waals surface area contributed by atoms with Crippen molar-refractivity contribution in [1.82, 2.24) is 4.90 Å². The maximum atomic E-state index is 9.31. The third-order valence-electron chi connectivity index (χ3n) is 4.30. The van der Waals surface area contributed by atoms with E-state index in [1.54, 1.807) is 0 Å². The van der Waals surface area contributed by atoms with Gasteiger partial charge in [-0.3, -0.25) is 4.90 Å². The standard InChI is InChI=1S/C14H24N2/c1-12-6-5-9-16(11-12)14-8-4-2-3-7-13(14)10-15/h12-14H,2-9,11H2,1H3. The summed E-state index contributed by atoms with van der Waals surface area (Å²) in [5, 5.41) is 9.31. The number of likely N-dealkylation sites (tertiary alicyclic amines) is 1. The molecule has 2 fully saturated rings. The zero-order valence-electron chi connectivity index (χ0n) is 10.5. The molecule has 2 heteroatoms. The van der Waals surface area contributed by atoms with E-state index in [0.717, 1.165) is 12.3 Å². The Morgan fingerprint density at radius 3 is 2.62 bits per heavy atom. The van der Waals surface area contributed by atoms with Gasteiger partial charge in [-0.1, -0.05) is 26.2 Å². The van der Waals surface area contributed by atoms with Crippen molar-refractivity contribution in [1.29, 1.82) is 5.26 Å². The topological polar surface area (TPSA) is 27.0 Å². The van der Waals surface area contributed by atoms with E-state index in [0.29, 0.717) is 12.0 Å². The summed E-state index contributed by atoms with van der Waals surface area (Å²) in [5.74, 6) is 1.13. The van der Waals surface area contributed by atoms with Crippen molar-refractivity contribution in [3.05, 3.63) is 0 Å². The minimum atomic E-state index is 0.299. The number of piperidine rings is 1. The summed E-state index contributed by atoms with van der Waals surface area (Å²) in [4.78, 5) is 2.62. The average molecular weight is 220 g/mol. The van der Waals surface area contributed by atoms with Crippen molar-refractivity contribution in [2.75, 3.05) is 13.1 Å². The van der Waals surface area contributed by atoms with Gasteiger partial charge < -0.3 is 0 Å². The SMILES string of the molecule is CC1CCCN(C2CCCCCC2C#N)C1. The van der Waals surface area contributed by atoms with Crippen LogP contribution in [0.25, 0.3) is 0 Å². The van der Waals surface area contributed by atoms with Crippen LogP contribution in [0.3, 0.4) is 0 Å². The van der Waals surface area contributed by atoms with Crippen LogP contribution in [0.4, 0.5) is 0 Å². The summed E-state index contributed by atoms with van der Waals surface area (Å²) < 4.78 is 0. The van der Waals surface area contributed by atoms with Crippen LogP contribution in [0.5, 0.6) is 0 Å². The van der Waals surface area contributed by atoms with Gasteiger partial charge in [0.15, 0.2) is 0 Å². The second-order valence-corrected chi connectivity index (χ2v) is 5.68. The molecule has 0 N–H and O–H groups in total. The molecule has 16 heavy (non-hydrogen) atoms. The van der Waals surface area contributed by atoms with Crippen molar-refractivity contribution in [3.63, 3.8) is 0 Å². The summed E-state index contributed by atoms with van der Waals surface area (Å²) in [5.41, 5.74) is 0. The molecular formula is C14H24N2. The van der Waals surface area contributed by atoms with Gasteiger partial charge in [-0.2, -0.15) is 5.26 Å². The lowest BCUT2D eigenvalue weighted by atomic mass is 9.91. The van der Waals surface area contributed by atoms with Crippen LogP contribution in [0, 0.1) is 23.2 Å². The van der Waals surface area contributed by atoms with E-state index < -0.39 is 0 Å². The molecule has 2 rings (SSSR count). The second-order valence-electron chi connectivity index (χ2n) is 5.68. The largest absolute Gasteiger partial charge is 0.299 e. The molecule has 2 aliphatic rings. The molecule has 3 atom stereocenters. The van der Waals surface area contributed by atoms with Crippen molar-refractivity contribution in [2.24, 2.45) is 11.8 Å². The lowest BCUT2D eigenvalue weighted by molar-refractivity contribution is 0.101. The van der Waals surface area contributed by atoms with E-state index in [9.17, 15) is 5.26 Å². The van der Waals surface area contributed by atoms with Crippen molar-refractivity contribution < 1.29 is 0 Å². The van der Waals surface area contributed by atoms with Gasteiger partial charge in [-0.15, -0.1) is 0 Å². The van der Waals surface area contributed by atoms with Gasteiger partial charge in [0.1, 0.15) is 0 Å². The predicted molar refractivity (Wildman–Crippen MR) is 65.9 cm³/mol. The van der Waals surface area contributed by atoms with Crippen LogP contribution in [-0.4, -0.2) is 24.0 Å². The fourth-order valence-electron chi connectivity index (χ4n) is 3.40. The first-order chi connectivity index (χ1) is 7.81. The van der Waals surface area contributed by atoms with Gasteiger partial charge in [-0.05, 0) is 38.1 Å². The highest BCUT2D eigenvalue weighted by Crippen LogP contribution is 2.30. The van der Waals surface area contributed by atoms with Crippen LogP contribution in [0.15, 0.2) is 0 Å². The first-order valence-corrected chi connectivity index (χ1v) is 6.95. The summed E-state index contributed by atoms with van der Waals surface area (Å²) in [6.45, 7) is 4.81. The molecule has 0 aromatic carbocycles. The van der Waals surface area contributed by atoms with Crippen LogP contribution in [0.1, 0.15) is 51.9 Å². The molecule has 0 radical (unpaired) electrons. The molecule has 3 unspecified atom stereocenters. The van der Waals surface area contributed by atoms with Crippen LogP contribution in [-0.2, 0) is 0 Å². The van der Waals surface area contributed by atoms with Gasteiger partial charge in [-0.25, -0.2) is 0 Å². The third-order valence-corrected chi connectivity index (χ3v) is 4.30. The Hall–Kier alpha value is -0.550. The second kappa shape index (κ2) is 5.68. The maximum absolute atomic E-state index is 9.31. The summed E-state index contributed by atoms with van der Waals surface area (Å²) in [6.07, 6.45) is 9.01. The Balaban J connectivity index is 2.01. The Morgan fingerprint density at radius 1 is 1.06 bits per heavy atom. The van der Waals surface area contributed by atoms with E-state index in [2.05, 4.69) is 17.9 Å². The highest BCUT2D eigenvalue weighted by Gasteiger charge is 2.30. The Bertz CT molecular complexity index is 256. The van der Waals surface area contributed by atoms with Crippen molar-refractivity contribution >= 4 is 0 Å². The Kier molecular flexibility index (Phi) is 4.23. The fraction of sp³-hybridized carbons (Fsp3) is 0.929.